The van der Waals surface area contributed by atoms with Gasteiger partial charge in [-0.05, 0) is 36.4 Å². The van der Waals surface area contributed by atoms with E-state index in [1.165, 1.54) is 14.2 Å². The van der Waals surface area contributed by atoms with Gasteiger partial charge in [0.1, 0.15) is 0 Å². The van der Waals surface area contributed by atoms with Crippen molar-refractivity contribution >= 4 is 46.8 Å². The number of methoxy groups -OCH3 is 2. The highest BCUT2D eigenvalue weighted by Gasteiger charge is 2.16. The Morgan fingerprint density at radius 3 is 1.43 bits per heavy atom. The van der Waals surface area contributed by atoms with Crippen LogP contribution in [0.2, 0.25) is 0 Å². The first-order valence-electron chi connectivity index (χ1n) is 10.5. The Morgan fingerprint density at radius 1 is 0.571 bits per heavy atom. The molecule has 35 heavy (non-hydrogen) atoms. The number of anilines is 6. The van der Waals surface area contributed by atoms with Gasteiger partial charge in [-0.2, -0.15) is 15.0 Å². The average Bonchev–Trinajstić information content (AvgIpc) is 2.89. The zero-order valence-electron chi connectivity index (χ0n) is 19.0. The summed E-state index contributed by atoms with van der Waals surface area (Å²) >= 11 is 0. The summed E-state index contributed by atoms with van der Waals surface area (Å²) in [6, 6.07) is 23.0. The molecule has 3 N–H and O–H groups in total. The van der Waals surface area contributed by atoms with Gasteiger partial charge in [0, 0.05) is 5.69 Å². The monoisotopic (exact) mass is 470 g/mol. The molecule has 0 unspecified atom stereocenters. The number of hydrogen-bond donors (Lipinski definition) is 3. The maximum atomic E-state index is 12.2. The molecular formula is C25H22N6O4. The average molecular weight is 470 g/mol. The standard InChI is InChI=1S/C25H22N6O4/c1-34-21(32)17-12-6-8-14-19(17)27-24-29-23(26-16-10-4-3-5-11-16)30-25(31-24)28-20-15-9-7-13-18(20)22(33)35-2/h3-15H,1-2H3,(H3,26,27,28,29,30,31). The van der Waals surface area contributed by atoms with E-state index in [2.05, 4.69) is 30.9 Å². The first-order valence-corrected chi connectivity index (χ1v) is 10.5. The second-order valence-electron chi connectivity index (χ2n) is 7.12. The Kier molecular flexibility index (Phi) is 7.12. The van der Waals surface area contributed by atoms with Crippen molar-refractivity contribution in [2.24, 2.45) is 0 Å². The summed E-state index contributed by atoms with van der Waals surface area (Å²) in [6.45, 7) is 0. The van der Waals surface area contributed by atoms with Gasteiger partial charge in [-0.1, -0.05) is 42.5 Å². The second kappa shape index (κ2) is 10.8. The van der Waals surface area contributed by atoms with E-state index in [-0.39, 0.29) is 17.8 Å². The molecule has 0 aliphatic carbocycles. The third-order valence-electron chi connectivity index (χ3n) is 4.82. The molecular weight excluding hydrogens is 448 g/mol. The molecule has 4 rings (SSSR count). The van der Waals surface area contributed by atoms with Crippen molar-refractivity contribution in [2.45, 2.75) is 0 Å². The van der Waals surface area contributed by atoms with Gasteiger partial charge >= 0.3 is 11.9 Å². The van der Waals surface area contributed by atoms with Crippen molar-refractivity contribution in [1.82, 2.24) is 15.0 Å². The van der Waals surface area contributed by atoms with Gasteiger partial charge < -0.3 is 25.4 Å². The number of nitrogens with zero attached hydrogens (tertiary/aromatic N) is 3. The molecule has 0 saturated heterocycles. The van der Waals surface area contributed by atoms with E-state index < -0.39 is 11.9 Å². The molecule has 0 aliphatic heterocycles. The van der Waals surface area contributed by atoms with Crippen LogP contribution in [0.15, 0.2) is 78.9 Å². The minimum absolute atomic E-state index is 0.160. The molecule has 1 heterocycles. The van der Waals surface area contributed by atoms with Crippen molar-refractivity contribution in [3.05, 3.63) is 90.0 Å². The highest BCUT2D eigenvalue weighted by Crippen LogP contribution is 2.24. The third-order valence-corrected chi connectivity index (χ3v) is 4.82. The predicted octanol–water partition coefficient (Wildman–Crippen LogP) is 4.68. The van der Waals surface area contributed by atoms with E-state index >= 15 is 0 Å². The SMILES string of the molecule is COC(=O)c1ccccc1Nc1nc(Nc2ccccc2)nc(Nc2ccccc2C(=O)OC)n1. The summed E-state index contributed by atoms with van der Waals surface area (Å²) in [5, 5.41) is 9.24. The van der Waals surface area contributed by atoms with Crippen LogP contribution in [0.25, 0.3) is 0 Å². The molecule has 3 aromatic carbocycles. The summed E-state index contributed by atoms with van der Waals surface area (Å²) in [6.07, 6.45) is 0. The van der Waals surface area contributed by atoms with Gasteiger partial charge in [0.25, 0.3) is 0 Å². The number of carbonyl (C=O) groups excluding carboxylic acids is 2. The number of nitrogens with one attached hydrogen (secondary N) is 3. The molecule has 0 aliphatic rings. The Hall–Kier alpha value is -4.99. The van der Waals surface area contributed by atoms with Crippen molar-refractivity contribution in [3.63, 3.8) is 0 Å². The number of hydrogen-bond acceptors (Lipinski definition) is 10. The van der Waals surface area contributed by atoms with Crippen LogP contribution in [0.1, 0.15) is 20.7 Å². The van der Waals surface area contributed by atoms with Gasteiger partial charge in [-0.25, -0.2) is 9.59 Å². The van der Waals surface area contributed by atoms with Crippen molar-refractivity contribution < 1.29 is 19.1 Å². The highest BCUT2D eigenvalue weighted by molar-refractivity contribution is 5.97. The Bertz CT molecular complexity index is 1270. The normalized spacial score (nSPS) is 10.2. The summed E-state index contributed by atoms with van der Waals surface area (Å²) in [5.74, 6) is -0.451. The lowest BCUT2D eigenvalue weighted by Gasteiger charge is -2.14. The zero-order chi connectivity index (χ0) is 24.6. The Balaban J connectivity index is 1.72. The number of aromatic nitrogens is 3. The zero-order valence-corrected chi connectivity index (χ0v) is 19.0. The van der Waals surface area contributed by atoms with E-state index in [0.29, 0.717) is 22.5 Å². The molecule has 176 valence electrons. The van der Waals surface area contributed by atoms with Crippen LogP contribution in [-0.2, 0) is 9.47 Å². The van der Waals surface area contributed by atoms with Crippen LogP contribution in [0.5, 0.6) is 0 Å². The van der Waals surface area contributed by atoms with Crippen LogP contribution in [0.4, 0.5) is 34.9 Å². The minimum atomic E-state index is -0.504. The van der Waals surface area contributed by atoms with Crippen molar-refractivity contribution in [1.29, 1.82) is 0 Å². The summed E-state index contributed by atoms with van der Waals surface area (Å²) < 4.78 is 9.73. The van der Waals surface area contributed by atoms with E-state index in [9.17, 15) is 9.59 Å². The van der Waals surface area contributed by atoms with E-state index in [1.807, 2.05) is 30.3 Å². The summed E-state index contributed by atoms with van der Waals surface area (Å²) in [5.41, 5.74) is 2.31. The van der Waals surface area contributed by atoms with Gasteiger partial charge in [-0.15, -0.1) is 0 Å². The lowest BCUT2D eigenvalue weighted by Crippen LogP contribution is -2.11. The number of esters is 2. The van der Waals surface area contributed by atoms with Crippen molar-refractivity contribution in [3.8, 4) is 0 Å². The lowest BCUT2D eigenvalue weighted by molar-refractivity contribution is 0.0593. The van der Waals surface area contributed by atoms with Gasteiger partial charge in [0.15, 0.2) is 0 Å². The molecule has 4 aromatic rings. The maximum absolute atomic E-state index is 12.2. The first-order chi connectivity index (χ1) is 17.1. The molecule has 0 saturated carbocycles. The Morgan fingerprint density at radius 2 is 0.971 bits per heavy atom. The fourth-order valence-corrected chi connectivity index (χ4v) is 3.20. The molecule has 0 atom stereocenters. The van der Waals surface area contributed by atoms with E-state index in [4.69, 9.17) is 9.47 Å². The second-order valence-corrected chi connectivity index (χ2v) is 7.12. The number of rotatable bonds is 8. The van der Waals surface area contributed by atoms with Crippen molar-refractivity contribution in [2.75, 3.05) is 30.2 Å². The van der Waals surface area contributed by atoms with Crippen LogP contribution in [0.3, 0.4) is 0 Å². The quantitative estimate of drug-likeness (QED) is 0.312. The van der Waals surface area contributed by atoms with E-state index in [0.717, 1.165) is 5.69 Å². The number of para-hydroxylation sites is 3. The molecule has 0 bridgehead atoms. The van der Waals surface area contributed by atoms with E-state index in [1.54, 1.807) is 48.5 Å². The smallest absolute Gasteiger partial charge is 0.339 e. The van der Waals surface area contributed by atoms with Gasteiger partial charge in [-0.3, -0.25) is 0 Å². The van der Waals surface area contributed by atoms with Gasteiger partial charge in [0.05, 0.1) is 36.7 Å². The number of carbonyl (C=O) groups is 2. The molecule has 0 fully saturated rings. The number of ether oxygens (including phenoxy) is 2. The van der Waals surface area contributed by atoms with Crippen LogP contribution in [0, 0.1) is 0 Å². The van der Waals surface area contributed by atoms with Crippen LogP contribution >= 0.6 is 0 Å². The van der Waals surface area contributed by atoms with Crippen LogP contribution in [-0.4, -0.2) is 41.1 Å². The molecule has 0 amide bonds. The molecule has 10 heteroatoms. The lowest BCUT2D eigenvalue weighted by atomic mass is 10.2. The molecule has 1 aromatic heterocycles. The highest BCUT2D eigenvalue weighted by atomic mass is 16.5. The molecule has 0 radical (unpaired) electrons. The first kappa shape index (κ1) is 23.2. The Labute approximate surface area is 201 Å². The fraction of sp³-hybridized carbons (Fsp3) is 0.0800. The van der Waals surface area contributed by atoms with Gasteiger partial charge in [0.2, 0.25) is 17.8 Å². The predicted molar refractivity (Wildman–Crippen MR) is 132 cm³/mol. The number of benzene rings is 3. The maximum Gasteiger partial charge on any atom is 0.339 e. The minimum Gasteiger partial charge on any atom is -0.465 e. The van der Waals surface area contributed by atoms with Crippen LogP contribution < -0.4 is 16.0 Å². The third kappa shape index (κ3) is 5.69. The largest absolute Gasteiger partial charge is 0.465 e. The topological polar surface area (TPSA) is 127 Å². The summed E-state index contributed by atoms with van der Waals surface area (Å²) in [4.78, 5) is 37.7. The molecule has 0 spiro atoms. The summed E-state index contributed by atoms with van der Waals surface area (Å²) in [7, 11) is 2.62. The molecule has 10 nitrogen and oxygen atoms in total. The fourth-order valence-electron chi connectivity index (χ4n) is 3.20.